The zero-order valence-corrected chi connectivity index (χ0v) is 8.37. The van der Waals surface area contributed by atoms with Gasteiger partial charge in [0.1, 0.15) is 11.6 Å². The van der Waals surface area contributed by atoms with Gasteiger partial charge >= 0.3 is 0 Å². The molecule has 0 fully saturated rings. The molecule has 4 nitrogen and oxygen atoms in total. The molecule has 0 spiro atoms. The Labute approximate surface area is 87.0 Å². The van der Waals surface area contributed by atoms with Gasteiger partial charge in [-0.1, -0.05) is 6.92 Å². The predicted octanol–water partition coefficient (Wildman–Crippen LogP) is 0.908. The quantitative estimate of drug-likeness (QED) is 0.728. The summed E-state index contributed by atoms with van der Waals surface area (Å²) in [5.41, 5.74) is 10.4. The third-order valence-corrected chi connectivity index (χ3v) is 1.96. The molecule has 0 saturated heterocycles. The van der Waals surface area contributed by atoms with Crippen LogP contribution < -0.4 is 16.2 Å². The van der Waals surface area contributed by atoms with E-state index in [2.05, 4.69) is 0 Å². The maximum absolute atomic E-state index is 13.0. The van der Waals surface area contributed by atoms with Crippen LogP contribution in [0.4, 0.5) is 10.1 Å². The van der Waals surface area contributed by atoms with Crippen molar-refractivity contribution in [3.8, 4) is 5.75 Å². The Hall–Kier alpha value is -1.78. The summed E-state index contributed by atoms with van der Waals surface area (Å²) < 4.78 is 18.1. The molecule has 1 atom stereocenters. The molecule has 0 aliphatic heterocycles. The van der Waals surface area contributed by atoms with Gasteiger partial charge in [0.2, 0.25) is 5.91 Å². The highest BCUT2D eigenvalue weighted by atomic mass is 19.1. The van der Waals surface area contributed by atoms with Gasteiger partial charge in [-0.15, -0.1) is 0 Å². The first kappa shape index (κ1) is 11.3. The lowest BCUT2D eigenvalue weighted by Gasteiger charge is -2.10. The lowest BCUT2D eigenvalue weighted by Crippen LogP contribution is -2.25. The summed E-state index contributed by atoms with van der Waals surface area (Å²) in [5, 5.41) is 0. The number of anilines is 1. The minimum absolute atomic E-state index is 0.0605. The maximum atomic E-state index is 13.0. The second-order valence-corrected chi connectivity index (χ2v) is 3.30. The Balaban J connectivity index is 2.58. The minimum Gasteiger partial charge on any atom is -0.493 e. The molecule has 0 aromatic heterocycles. The molecule has 0 aliphatic carbocycles. The largest absolute Gasteiger partial charge is 0.493 e. The monoisotopic (exact) mass is 212 g/mol. The number of ether oxygens (including phenoxy) is 1. The van der Waals surface area contributed by atoms with Crippen LogP contribution in [0.25, 0.3) is 0 Å². The fourth-order valence-corrected chi connectivity index (χ4v) is 0.901. The van der Waals surface area contributed by atoms with E-state index in [0.717, 1.165) is 0 Å². The molecule has 0 saturated carbocycles. The van der Waals surface area contributed by atoms with Crippen LogP contribution in [0.15, 0.2) is 18.2 Å². The molecule has 1 amide bonds. The average molecular weight is 212 g/mol. The third-order valence-electron chi connectivity index (χ3n) is 1.96. The normalized spacial score (nSPS) is 12.1. The zero-order valence-electron chi connectivity index (χ0n) is 8.37. The average Bonchev–Trinajstić information content (AvgIpc) is 2.19. The summed E-state index contributed by atoms with van der Waals surface area (Å²) in [6.07, 6.45) is 0. The first-order chi connectivity index (χ1) is 7.00. The van der Waals surface area contributed by atoms with E-state index in [0.29, 0.717) is 5.75 Å². The molecule has 0 bridgehead atoms. The maximum Gasteiger partial charge on any atom is 0.223 e. The molecule has 0 heterocycles. The van der Waals surface area contributed by atoms with Crippen LogP contribution in [0.5, 0.6) is 5.75 Å². The number of carbonyl (C=O) groups is 1. The van der Waals surface area contributed by atoms with Gasteiger partial charge in [-0.05, 0) is 12.1 Å². The molecule has 1 aromatic carbocycles. The van der Waals surface area contributed by atoms with Crippen molar-refractivity contribution < 1.29 is 13.9 Å². The highest BCUT2D eigenvalue weighted by Crippen LogP contribution is 2.18. The van der Waals surface area contributed by atoms with E-state index < -0.39 is 17.6 Å². The lowest BCUT2D eigenvalue weighted by molar-refractivity contribution is -0.122. The number of halogens is 1. The Kier molecular flexibility index (Phi) is 3.49. The number of benzene rings is 1. The van der Waals surface area contributed by atoms with Crippen LogP contribution in [0.3, 0.4) is 0 Å². The van der Waals surface area contributed by atoms with E-state index in [1.54, 1.807) is 6.92 Å². The molecular formula is C10H13FN2O2. The Morgan fingerprint density at radius 1 is 1.60 bits per heavy atom. The SMILES string of the molecule is C[C@H](COc1ccc(N)c(F)c1)C(N)=O. The van der Waals surface area contributed by atoms with Gasteiger partial charge in [0.25, 0.3) is 0 Å². The van der Waals surface area contributed by atoms with Gasteiger partial charge < -0.3 is 16.2 Å². The van der Waals surface area contributed by atoms with E-state index in [9.17, 15) is 9.18 Å². The molecule has 0 radical (unpaired) electrons. The fraction of sp³-hybridized carbons (Fsp3) is 0.300. The number of hydrogen-bond donors (Lipinski definition) is 2. The standard InChI is InChI=1S/C10H13FN2O2/c1-6(10(13)14)5-15-7-2-3-9(12)8(11)4-7/h2-4,6H,5,12H2,1H3,(H2,13,14)/t6-/m1/s1. The van der Waals surface area contributed by atoms with Crippen molar-refractivity contribution >= 4 is 11.6 Å². The van der Waals surface area contributed by atoms with Crippen LogP contribution in [0.2, 0.25) is 0 Å². The number of rotatable bonds is 4. The number of primary amides is 1. The number of carbonyl (C=O) groups excluding carboxylic acids is 1. The third kappa shape index (κ3) is 3.12. The van der Waals surface area contributed by atoms with E-state index >= 15 is 0 Å². The van der Waals surface area contributed by atoms with E-state index in [1.165, 1.54) is 18.2 Å². The topological polar surface area (TPSA) is 78.3 Å². The molecule has 15 heavy (non-hydrogen) atoms. The van der Waals surface area contributed by atoms with Crippen LogP contribution in [-0.2, 0) is 4.79 Å². The summed E-state index contributed by atoms with van der Waals surface area (Å²) in [5.74, 6) is -1.08. The Morgan fingerprint density at radius 2 is 2.27 bits per heavy atom. The van der Waals surface area contributed by atoms with Crippen molar-refractivity contribution in [2.24, 2.45) is 11.7 Å². The van der Waals surface area contributed by atoms with Crippen molar-refractivity contribution in [3.05, 3.63) is 24.0 Å². The van der Waals surface area contributed by atoms with Gasteiger partial charge in [-0.3, -0.25) is 4.79 Å². The molecule has 4 N–H and O–H groups in total. The predicted molar refractivity (Wildman–Crippen MR) is 54.7 cm³/mol. The molecular weight excluding hydrogens is 199 g/mol. The fourth-order valence-electron chi connectivity index (χ4n) is 0.901. The van der Waals surface area contributed by atoms with Crippen molar-refractivity contribution in [3.63, 3.8) is 0 Å². The smallest absolute Gasteiger partial charge is 0.223 e. The van der Waals surface area contributed by atoms with Gasteiger partial charge in [-0.2, -0.15) is 0 Å². The number of nitrogen functional groups attached to an aromatic ring is 1. The Bertz CT molecular complexity index is 368. The van der Waals surface area contributed by atoms with Crippen molar-refractivity contribution in [1.82, 2.24) is 0 Å². The van der Waals surface area contributed by atoms with Gasteiger partial charge in [0.05, 0.1) is 18.2 Å². The van der Waals surface area contributed by atoms with Gasteiger partial charge in [-0.25, -0.2) is 4.39 Å². The van der Waals surface area contributed by atoms with Crippen molar-refractivity contribution in [2.75, 3.05) is 12.3 Å². The second kappa shape index (κ2) is 4.63. The molecule has 0 aliphatic rings. The summed E-state index contributed by atoms with van der Waals surface area (Å²) >= 11 is 0. The van der Waals surface area contributed by atoms with Crippen molar-refractivity contribution in [2.45, 2.75) is 6.92 Å². The summed E-state index contributed by atoms with van der Waals surface area (Å²) in [4.78, 5) is 10.7. The molecule has 1 rings (SSSR count). The number of hydrogen-bond acceptors (Lipinski definition) is 3. The highest BCUT2D eigenvalue weighted by Gasteiger charge is 2.09. The van der Waals surface area contributed by atoms with E-state index in [-0.39, 0.29) is 12.3 Å². The molecule has 0 unspecified atom stereocenters. The van der Waals surface area contributed by atoms with E-state index in [1.807, 2.05) is 0 Å². The van der Waals surface area contributed by atoms with Crippen LogP contribution in [0.1, 0.15) is 6.92 Å². The molecule has 1 aromatic rings. The Morgan fingerprint density at radius 3 is 2.80 bits per heavy atom. The highest BCUT2D eigenvalue weighted by molar-refractivity contribution is 5.76. The van der Waals surface area contributed by atoms with Gasteiger partial charge in [0.15, 0.2) is 0 Å². The van der Waals surface area contributed by atoms with Gasteiger partial charge in [0, 0.05) is 6.07 Å². The second-order valence-electron chi connectivity index (χ2n) is 3.30. The summed E-state index contributed by atoms with van der Waals surface area (Å²) in [6, 6.07) is 4.11. The number of nitrogens with two attached hydrogens (primary N) is 2. The summed E-state index contributed by atoms with van der Waals surface area (Å²) in [6.45, 7) is 1.76. The molecule has 82 valence electrons. The van der Waals surface area contributed by atoms with E-state index in [4.69, 9.17) is 16.2 Å². The number of amides is 1. The van der Waals surface area contributed by atoms with Crippen molar-refractivity contribution in [1.29, 1.82) is 0 Å². The molecule has 5 heteroatoms. The van der Waals surface area contributed by atoms with Crippen LogP contribution in [0, 0.1) is 11.7 Å². The first-order valence-electron chi connectivity index (χ1n) is 4.48. The zero-order chi connectivity index (χ0) is 11.4. The summed E-state index contributed by atoms with van der Waals surface area (Å²) in [7, 11) is 0. The minimum atomic E-state index is -0.542. The first-order valence-corrected chi connectivity index (χ1v) is 4.48. The lowest BCUT2D eigenvalue weighted by atomic mass is 10.2. The van der Waals surface area contributed by atoms with Crippen LogP contribution >= 0.6 is 0 Å². The van der Waals surface area contributed by atoms with Crippen LogP contribution in [-0.4, -0.2) is 12.5 Å².